The molecule has 494 valence electrons. The van der Waals surface area contributed by atoms with Crippen molar-refractivity contribution in [2.75, 3.05) is 210 Å². The molecule has 14 nitrogen and oxygen atoms in total. The number of ether oxygens (including phenoxy) is 8. The van der Waals surface area contributed by atoms with E-state index in [2.05, 4.69) is 90.1 Å². The summed E-state index contributed by atoms with van der Waals surface area (Å²) in [7, 11) is 0. The minimum atomic E-state index is 0.644. The first-order valence-electron chi connectivity index (χ1n) is 35.8. The van der Waals surface area contributed by atoms with E-state index in [1.54, 1.807) is 0 Å². The van der Waals surface area contributed by atoms with Gasteiger partial charge in [-0.2, -0.15) is 0 Å². The molecule has 0 amide bonds. The first-order valence-corrected chi connectivity index (χ1v) is 35.8. The van der Waals surface area contributed by atoms with Gasteiger partial charge in [0.1, 0.15) is 0 Å². The number of benzene rings is 2. The van der Waals surface area contributed by atoms with Gasteiger partial charge in [0.15, 0.2) is 0 Å². The maximum Gasteiger partial charge on any atom is 0.0701 e. The molecule has 6 rings (SSSR count). The Bertz CT molecular complexity index is 1610. The van der Waals surface area contributed by atoms with E-state index in [9.17, 15) is 0 Å². The lowest BCUT2D eigenvalue weighted by Crippen LogP contribution is -2.41. The van der Waals surface area contributed by atoms with E-state index in [-0.39, 0.29) is 0 Å². The van der Waals surface area contributed by atoms with E-state index in [0.717, 1.165) is 117 Å². The van der Waals surface area contributed by atoms with Crippen molar-refractivity contribution in [1.82, 2.24) is 29.4 Å². The second-order valence-corrected chi connectivity index (χ2v) is 25.5. The Balaban J connectivity index is 0.659. The Labute approximate surface area is 526 Å². The van der Waals surface area contributed by atoms with Gasteiger partial charge < -0.3 is 47.7 Å². The van der Waals surface area contributed by atoms with Crippen LogP contribution in [0.1, 0.15) is 165 Å². The molecule has 0 radical (unpaired) electrons. The van der Waals surface area contributed by atoms with Crippen LogP contribution < -0.4 is 0 Å². The molecule has 2 aromatic rings. The first-order chi connectivity index (χ1) is 42.8. The summed E-state index contributed by atoms with van der Waals surface area (Å²) in [5, 5.41) is 0. The third kappa shape index (κ3) is 37.3. The summed E-state index contributed by atoms with van der Waals surface area (Å²) in [5.74, 6) is 1.96. The van der Waals surface area contributed by atoms with Crippen LogP contribution in [0.5, 0.6) is 0 Å². The number of piperidine rings is 2. The number of nitrogens with zero attached hydrogens (tertiary/aromatic N) is 6. The van der Waals surface area contributed by atoms with Crippen molar-refractivity contribution in [1.29, 1.82) is 0 Å². The molecule has 0 spiro atoms. The second-order valence-electron chi connectivity index (χ2n) is 25.5. The average molecular weight is 1210 g/mol. The molecule has 4 saturated heterocycles. The van der Waals surface area contributed by atoms with Crippen LogP contribution in [0.15, 0.2) is 60.7 Å². The highest BCUT2D eigenvalue weighted by Gasteiger charge is 2.29. The summed E-state index contributed by atoms with van der Waals surface area (Å²) >= 11 is 0. The normalized spacial score (nSPS) is 21.2. The molecule has 0 unspecified atom stereocenters. The Kier molecular flexibility index (Phi) is 43.7. The fourth-order valence-corrected chi connectivity index (χ4v) is 13.2. The fourth-order valence-electron chi connectivity index (χ4n) is 13.2. The van der Waals surface area contributed by atoms with Crippen molar-refractivity contribution in [2.45, 2.75) is 167 Å². The van der Waals surface area contributed by atoms with Crippen LogP contribution in [0.4, 0.5) is 0 Å². The first kappa shape index (κ1) is 72.9. The van der Waals surface area contributed by atoms with Gasteiger partial charge in [-0.15, -0.1) is 0 Å². The molecule has 0 bridgehead atoms. The lowest BCUT2D eigenvalue weighted by Gasteiger charge is -2.40. The number of likely N-dealkylation sites (tertiary alicyclic amines) is 2. The molecule has 4 aliphatic heterocycles. The van der Waals surface area contributed by atoms with E-state index >= 15 is 0 Å². The van der Waals surface area contributed by atoms with E-state index in [0.29, 0.717) is 79.3 Å². The number of rotatable bonds is 31. The van der Waals surface area contributed by atoms with Crippen molar-refractivity contribution in [2.24, 2.45) is 11.8 Å². The molecule has 0 aromatic heterocycles. The van der Waals surface area contributed by atoms with Crippen molar-refractivity contribution in [3.8, 4) is 0 Å². The van der Waals surface area contributed by atoms with E-state index < -0.39 is 0 Å². The predicted molar refractivity (Wildman–Crippen MR) is 354 cm³/mol. The van der Waals surface area contributed by atoms with Crippen LogP contribution in [-0.4, -0.2) is 240 Å². The molecule has 0 saturated carbocycles. The van der Waals surface area contributed by atoms with Crippen LogP contribution in [0.3, 0.4) is 0 Å². The zero-order valence-electron chi connectivity index (χ0n) is 54.9. The summed E-state index contributed by atoms with van der Waals surface area (Å²) in [6, 6.07) is 21.3. The van der Waals surface area contributed by atoms with Crippen molar-refractivity contribution < 1.29 is 37.9 Å². The average Bonchev–Trinajstić information content (AvgIpc) is 3.70. The summed E-state index contributed by atoms with van der Waals surface area (Å²) in [5.41, 5.74) is 2.64. The van der Waals surface area contributed by atoms with Gasteiger partial charge in [-0.1, -0.05) is 163 Å². The zero-order chi connectivity index (χ0) is 59.5. The van der Waals surface area contributed by atoms with Gasteiger partial charge in [0.05, 0.1) is 106 Å². The van der Waals surface area contributed by atoms with E-state index in [1.165, 1.54) is 204 Å². The maximum absolute atomic E-state index is 6.00. The lowest BCUT2D eigenvalue weighted by atomic mass is 9.78. The third-order valence-corrected chi connectivity index (χ3v) is 18.7. The third-order valence-electron chi connectivity index (χ3n) is 18.7. The molecule has 2 aromatic carbocycles. The largest absolute Gasteiger partial charge is 0.378 e. The van der Waals surface area contributed by atoms with Crippen LogP contribution in [0.25, 0.3) is 0 Å². The highest BCUT2D eigenvalue weighted by atomic mass is 16.5. The molecule has 4 fully saturated rings. The van der Waals surface area contributed by atoms with E-state index in [4.69, 9.17) is 37.9 Å². The fraction of sp³-hybridized carbons (Fsp3) is 0.833. The maximum atomic E-state index is 6.00. The zero-order valence-corrected chi connectivity index (χ0v) is 54.9. The molecule has 0 atom stereocenters. The molecule has 0 N–H and O–H groups in total. The van der Waals surface area contributed by atoms with Crippen LogP contribution >= 0.6 is 0 Å². The van der Waals surface area contributed by atoms with Crippen LogP contribution in [0, 0.1) is 11.8 Å². The molecule has 4 aliphatic rings. The summed E-state index contributed by atoms with van der Waals surface area (Å²) in [6.07, 6.45) is 33.3. The van der Waals surface area contributed by atoms with E-state index in [1.807, 2.05) is 0 Å². The highest BCUT2D eigenvalue weighted by molar-refractivity contribution is 5.15. The van der Waals surface area contributed by atoms with Crippen LogP contribution in [0.2, 0.25) is 0 Å². The van der Waals surface area contributed by atoms with Gasteiger partial charge >= 0.3 is 0 Å². The minimum Gasteiger partial charge on any atom is -0.378 e. The number of unbranched alkanes of at least 4 members (excludes halogenated alkanes) is 18. The predicted octanol–water partition coefficient (Wildman–Crippen LogP) is 12.0. The second kappa shape index (κ2) is 51.5. The van der Waals surface area contributed by atoms with Gasteiger partial charge in [0.2, 0.25) is 0 Å². The molecule has 86 heavy (non-hydrogen) atoms. The smallest absolute Gasteiger partial charge is 0.0701 e. The molecule has 4 heterocycles. The minimum absolute atomic E-state index is 0.644. The van der Waals surface area contributed by atoms with Crippen molar-refractivity contribution in [3.63, 3.8) is 0 Å². The van der Waals surface area contributed by atoms with Gasteiger partial charge in [0.25, 0.3) is 0 Å². The lowest BCUT2D eigenvalue weighted by molar-refractivity contribution is 0.00699. The van der Waals surface area contributed by atoms with Crippen molar-refractivity contribution in [3.05, 3.63) is 71.8 Å². The monoisotopic (exact) mass is 1200 g/mol. The number of hydrogen-bond acceptors (Lipinski definition) is 14. The molecular formula is C72H128N6O8. The van der Waals surface area contributed by atoms with Crippen molar-refractivity contribution >= 4 is 0 Å². The molecule has 14 heteroatoms. The Morgan fingerprint density at radius 2 is 0.419 bits per heavy atom. The summed E-state index contributed by atoms with van der Waals surface area (Å²) in [6.45, 7) is 30.5. The Morgan fingerprint density at radius 3 is 0.651 bits per heavy atom. The summed E-state index contributed by atoms with van der Waals surface area (Å²) in [4.78, 5) is 15.5. The van der Waals surface area contributed by atoms with Gasteiger partial charge in [-0.05, 0) is 127 Å². The highest BCUT2D eigenvalue weighted by Crippen LogP contribution is 2.33. The standard InChI is InChI=1S/C72H128N6O8/c1(3-7-11-15-25-37-75-43-51-79-59-63-83-55-47-77(67-69-27-19-17-20-28-69)48-56-84-64-60-80-52-44-75)5-9-13-23-35-73-39-31-71(32-40-73)72-33-41-74(42-34-72)36-24-14-10-6-2-4-8-12-16-26-38-76-45-53-81-61-65-85-57-49-78(68-70-29-21-18-22-30-70)50-58-86-66-62-82-54-46-76/h17-22,27-30,71-72H,1-16,23-26,31-68H2. The molecular weight excluding hydrogens is 1080 g/mol. The van der Waals surface area contributed by atoms with Gasteiger partial charge in [-0.3, -0.25) is 19.6 Å². The van der Waals surface area contributed by atoms with Crippen LogP contribution in [-0.2, 0) is 51.0 Å². The Hall–Kier alpha value is -2.12. The topological polar surface area (TPSA) is 93.3 Å². The van der Waals surface area contributed by atoms with Gasteiger partial charge in [0, 0.05) is 65.4 Å². The Morgan fingerprint density at radius 1 is 0.221 bits per heavy atom. The SMILES string of the molecule is c1ccc(CN2CCOCCOCCN(CCCCCCCCCCCCN3CCC(C4CCN(CCCCCCCCCCCCN5CCOCCOCCN(Cc6ccccc6)CCOCCOCC5)CC4)CC3)CCOCCOCC2)cc1. The number of hydrogen-bond donors (Lipinski definition) is 0. The van der Waals surface area contributed by atoms with Gasteiger partial charge in [-0.25, -0.2) is 0 Å². The summed E-state index contributed by atoms with van der Waals surface area (Å²) < 4.78 is 47.8. The quantitative estimate of drug-likeness (QED) is 0.0671. The molecule has 0 aliphatic carbocycles.